The minimum absolute atomic E-state index is 0.141. The lowest BCUT2D eigenvalue weighted by Crippen LogP contribution is -2.33. The van der Waals surface area contributed by atoms with Gasteiger partial charge in [-0.25, -0.2) is 4.98 Å². The van der Waals surface area contributed by atoms with Gasteiger partial charge in [-0.3, -0.25) is 9.69 Å². The summed E-state index contributed by atoms with van der Waals surface area (Å²) in [4.78, 5) is 22.9. The lowest BCUT2D eigenvalue weighted by atomic mass is 10.3. The first kappa shape index (κ1) is 22.1. The van der Waals surface area contributed by atoms with Gasteiger partial charge in [0.15, 0.2) is 5.13 Å². The number of hydrogen-bond donors (Lipinski definition) is 0. The Bertz CT molecular complexity index is 930. The first-order valence-corrected chi connectivity index (χ1v) is 11.9. The number of fused-ring (bicyclic) bond motifs is 1. The molecule has 0 spiro atoms. The van der Waals surface area contributed by atoms with E-state index in [1.807, 2.05) is 55.4 Å². The molecule has 4 nitrogen and oxygen atoms in total. The van der Waals surface area contributed by atoms with Gasteiger partial charge in [0.2, 0.25) is 5.91 Å². The van der Waals surface area contributed by atoms with Crippen molar-refractivity contribution in [2.75, 3.05) is 37.8 Å². The Morgan fingerprint density at radius 1 is 1.10 bits per heavy atom. The van der Waals surface area contributed by atoms with Crippen molar-refractivity contribution in [2.24, 2.45) is 0 Å². The zero-order chi connectivity index (χ0) is 20.6. The molecular formula is C22H26ClN3OS2. The summed E-state index contributed by atoms with van der Waals surface area (Å²) in [5, 5.41) is 1.46. The van der Waals surface area contributed by atoms with Crippen LogP contribution < -0.4 is 4.90 Å². The average Bonchev–Trinajstić information content (AvgIpc) is 3.11. The van der Waals surface area contributed by atoms with E-state index in [9.17, 15) is 4.79 Å². The van der Waals surface area contributed by atoms with Crippen LogP contribution in [0.1, 0.15) is 19.3 Å². The number of carbonyl (C=O) groups excluding carboxylic acids is 1. The van der Waals surface area contributed by atoms with Gasteiger partial charge in [-0.1, -0.05) is 41.1 Å². The minimum atomic E-state index is 0.141. The summed E-state index contributed by atoms with van der Waals surface area (Å²) in [5.41, 5.74) is 0.888. The van der Waals surface area contributed by atoms with Crippen LogP contribution in [0.5, 0.6) is 0 Å². The minimum Gasteiger partial charge on any atom is -0.309 e. The molecule has 0 saturated heterocycles. The molecule has 29 heavy (non-hydrogen) atoms. The molecule has 1 heterocycles. The van der Waals surface area contributed by atoms with E-state index in [1.165, 1.54) is 16.2 Å². The lowest BCUT2D eigenvalue weighted by molar-refractivity contribution is -0.118. The third kappa shape index (κ3) is 6.71. The number of amides is 1. The van der Waals surface area contributed by atoms with Crippen molar-refractivity contribution < 1.29 is 4.79 Å². The van der Waals surface area contributed by atoms with Crippen LogP contribution in [0.4, 0.5) is 5.13 Å². The standard InChI is InChI=1S/C22H26ClN3OS2/c1-25(2)13-7-14-26(22-24-19-12-11-17(23)16-20(19)29-22)21(27)10-6-15-28-18-8-4-3-5-9-18/h3-5,8-9,11-12,16H,6-7,10,13-15H2,1-2H3. The number of aromatic nitrogens is 1. The van der Waals surface area contributed by atoms with Gasteiger partial charge in [0.25, 0.3) is 0 Å². The Morgan fingerprint density at radius 2 is 1.90 bits per heavy atom. The highest BCUT2D eigenvalue weighted by atomic mass is 35.5. The molecule has 1 amide bonds. The molecule has 0 unspecified atom stereocenters. The van der Waals surface area contributed by atoms with Crippen LogP contribution in [-0.4, -0.2) is 48.7 Å². The maximum Gasteiger partial charge on any atom is 0.228 e. The third-order valence-corrected chi connectivity index (χ3v) is 6.78. The molecule has 3 rings (SSSR count). The van der Waals surface area contributed by atoms with Gasteiger partial charge < -0.3 is 4.90 Å². The van der Waals surface area contributed by atoms with Crippen molar-refractivity contribution in [1.29, 1.82) is 0 Å². The van der Waals surface area contributed by atoms with E-state index in [4.69, 9.17) is 16.6 Å². The number of thiazole rings is 1. The molecule has 0 saturated carbocycles. The van der Waals surface area contributed by atoms with Crippen molar-refractivity contribution in [1.82, 2.24) is 9.88 Å². The Labute approximate surface area is 185 Å². The second-order valence-corrected chi connectivity index (χ2v) is 9.69. The number of rotatable bonds is 10. The molecule has 154 valence electrons. The number of benzene rings is 2. The summed E-state index contributed by atoms with van der Waals surface area (Å²) in [6.07, 6.45) is 2.28. The van der Waals surface area contributed by atoms with Crippen molar-refractivity contribution >= 4 is 56.0 Å². The SMILES string of the molecule is CN(C)CCCN(C(=O)CCCSc1ccccc1)c1nc2ccc(Cl)cc2s1. The third-order valence-electron chi connectivity index (χ3n) is 4.41. The predicted molar refractivity (Wildman–Crippen MR) is 127 cm³/mol. The van der Waals surface area contributed by atoms with Crippen molar-refractivity contribution in [3.63, 3.8) is 0 Å². The van der Waals surface area contributed by atoms with Gasteiger partial charge in [-0.05, 0) is 69.6 Å². The molecule has 0 aliphatic heterocycles. The zero-order valence-electron chi connectivity index (χ0n) is 16.8. The second-order valence-electron chi connectivity index (χ2n) is 7.08. The Hall–Kier alpha value is -1.60. The van der Waals surface area contributed by atoms with Gasteiger partial charge in [0.05, 0.1) is 10.2 Å². The molecule has 0 fully saturated rings. The fourth-order valence-corrected chi connectivity index (χ4v) is 5.10. The number of halogens is 1. The first-order chi connectivity index (χ1) is 14.0. The van der Waals surface area contributed by atoms with E-state index in [-0.39, 0.29) is 5.91 Å². The summed E-state index contributed by atoms with van der Waals surface area (Å²) < 4.78 is 1.01. The summed E-state index contributed by atoms with van der Waals surface area (Å²) in [6, 6.07) is 16.0. The van der Waals surface area contributed by atoms with Crippen LogP contribution in [0.25, 0.3) is 10.2 Å². The highest BCUT2D eigenvalue weighted by molar-refractivity contribution is 7.99. The van der Waals surface area contributed by atoms with E-state index in [0.29, 0.717) is 18.0 Å². The summed E-state index contributed by atoms with van der Waals surface area (Å²) in [5.74, 6) is 1.07. The maximum absolute atomic E-state index is 13.0. The van der Waals surface area contributed by atoms with Crippen molar-refractivity contribution in [3.8, 4) is 0 Å². The second kappa shape index (κ2) is 11.0. The molecule has 0 radical (unpaired) electrons. The van der Waals surface area contributed by atoms with Gasteiger partial charge in [0, 0.05) is 22.9 Å². The molecule has 0 atom stereocenters. The summed E-state index contributed by atoms with van der Waals surface area (Å²) >= 11 is 9.44. The van der Waals surface area contributed by atoms with Crippen molar-refractivity contribution in [2.45, 2.75) is 24.2 Å². The predicted octanol–water partition coefficient (Wildman–Crippen LogP) is 5.81. The molecule has 0 N–H and O–H groups in total. The number of hydrogen-bond acceptors (Lipinski definition) is 5. The Balaban J connectivity index is 1.64. The van der Waals surface area contributed by atoms with Crippen molar-refractivity contribution in [3.05, 3.63) is 53.6 Å². The molecule has 0 aliphatic rings. The molecule has 3 aromatic rings. The number of thioether (sulfide) groups is 1. The molecule has 1 aromatic heterocycles. The summed E-state index contributed by atoms with van der Waals surface area (Å²) in [7, 11) is 4.10. The van der Waals surface area contributed by atoms with E-state index >= 15 is 0 Å². The quantitative estimate of drug-likeness (QED) is 0.290. The fraction of sp³-hybridized carbons (Fsp3) is 0.364. The van der Waals surface area contributed by atoms with E-state index in [0.717, 1.165) is 40.5 Å². The van der Waals surface area contributed by atoms with Gasteiger partial charge in [-0.2, -0.15) is 0 Å². The smallest absolute Gasteiger partial charge is 0.228 e. The van der Waals surface area contributed by atoms with Crippen LogP contribution in [0.2, 0.25) is 5.02 Å². The largest absolute Gasteiger partial charge is 0.309 e. The Morgan fingerprint density at radius 3 is 2.66 bits per heavy atom. The highest BCUT2D eigenvalue weighted by Gasteiger charge is 2.19. The highest BCUT2D eigenvalue weighted by Crippen LogP contribution is 2.31. The lowest BCUT2D eigenvalue weighted by Gasteiger charge is -2.21. The maximum atomic E-state index is 13.0. The average molecular weight is 448 g/mol. The molecular weight excluding hydrogens is 422 g/mol. The first-order valence-electron chi connectivity index (χ1n) is 9.72. The molecule has 0 aliphatic carbocycles. The summed E-state index contributed by atoms with van der Waals surface area (Å²) in [6.45, 7) is 1.61. The van der Waals surface area contributed by atoms with Gasteiger partial charge in [-0.15, -0.1) is 11.8 Å². The van der Waals surface area contributed by atoms with Gasteiger partial charge in [0.1, 0.15) is 0 Å². The van der Waals surface area contributed by atoms with Crippen LogP contribution in [0.3, 0.4) is 0 Å². The van der Waals surface area contributed by atoms with E-state index in [2.05, 4.69) is 17.0 Å². The van der Waals surface area contributed by atoms with Crippen LogP contribution in [0.15, 0.2) is 53.4 Å². The molecule has 7 heteroatoms. The topological polar surface area (TPSA) is 36.4 Å². The zero-order valence-corrected chi connectivity index (χ0v) is 19.2. The van der Waals surface area contributed by atoms with E-state index < -0.39 is 0 Å². The molecule has 2 aromatic carbocycles. The Kier molecular flexibility index (Phi) is 8.36. The van der Waals surface area contributed by atoms with Crippen LogP contribution in [-0.2, 0) is 4.79 Å². The van der Waals surface area contributed by atoms with E-state index in [1.54, 1.807) is 11.8 Å². The number of anilines is 1. The van der Waals surface area contributed by atoms with Gasteiger partial charge >= 0.3 is 0 Å². The monoisotopic (exact) mass is 447 g/mol. The number of nitrogens with zero attached hydrogens (tertiary/aromatic N) is 3. The number of carbonyl (C=O) groups is 1. The van der Waals surface area contributed by atoms with Crippen LogP contribution in [0, 0.1) is 0 Å². The fourth-order valence-electron chi connectivity index (χ4n) is 2.94. The molecule has 0 bridgehead atoms. The van der Waals surface area contributed by atoms with Crippen LogP contribution >= 0.6 is 34.7 Å². The normalized spacial score (nSPS) is 11.3.